The lowest BCUT2D eigenvalue weighted by molar-refractivity contribution is 0.0862. The molecule has 10 heavy (non-hydrogen) atoms. The molecule has 3 heteroatoms. The zero-order valence-corrected chi connectivity index (χ0v) is 6.32. The molecule has 1 unspecified atom stereocenters. The molecule has 0 amide bonds. The third-order valence-electron chi connectivity index (χ3n) is 1.68. The van der Waals surface area contributed by atoms with Crippen molar-refractivity contribution >= 4 is 0 Å². The summed E-state index contributed by atoms with van der Waals surface area (Å²) in [6.07, 6.45) is 0.704. The summed E-state index contributed by atoms with van der Waals surface area (Å²) < 4.78 is 0. The monoisotopic (exact) mass is 148 g/mol. The molecular weight excluding hydrogens is 132 g/mol. The van der Waals surface area contributed by atoms with Crippen molar-refractivity contribution in [3.8, 4) is 0 Å². The molecular formula is C7H16O3. The van der Waals surface area contributed by atoms with E-state index in [1.807, 2.05) is 0 Å². The van der Waals surface area contributed by atoms with Gasteiger partial charge in [0.15, 0.2) is 0 Å². The highest BCUT2D eigenvalue weighted by atomic mass is 16.3. The van der Waals surface area contributed by atoms with Gasteiger partial charge in [-0.2, -0.15) is 0 Å². The first kappa shape index (κ1) is 9.88. The first-order valence-electron chi connectivity index (χ1n) is 3.62. The molecule has 0 saturated heterocycles. The van der Waals surface area contributed by atoms with E-state index < -0.39 is 6.10 Å². The Balaban J connectivity index is 3.50. The summed E-state index contributed by atoms with van der Waals surface area (Å²) in [6, 6.07) is 0. The zero-order chi connectivity index (χ0) is 7.98. The quantitative estimate of drug-likeness (QED) is 0.504. The fourth-order valence-electron chi connectivity index (χ4n) is 0.958. The molecule has 0 bridgehead atoms. The van der Waals surface area contributed by atoms with Crippen LogP contribution < -0.4 is 0 Å². The van der Waals surface area contributed by atoms with Gasteiger partial charge in [-0.15, -0.1) is 0 Å². The Morgan fingerprint density at radius 3 is 1.70 bits per heavy atom. The molecule has 0 radical (unpaired) electrons. The second-order valence-corrected chi connectivity index (χ2v) is 2.53. The zero-order valence-electron chi connectivity index (χ0n) is 6.32. The first-order chi connectivity index (χ1) is 4.72. The number of hydrogen-bond acceptors (Lipinski definition) is 3. The van der Waals surface area contributed by atoms with Crippen LogP contribution in [0, 0.1) is 5.92 Å². The van der Waals surface area contributed by atoms with Crippen molar-refractivity contribution in [3.63, 3.8) is 0 Å². The molecule has 0 fully saturated rings. The summed E-state index contributed by atoms with van der Waals surface area (Å²) in [4.78, 5) is 0. The average molecular weight is 148 g/mol. The lowest BCUT2D eigenvalue weighted by Gasteiger charge is -2.16. The minimum Gasteiger partial charge on any atom is -0.396 e. The van der Waals surface area contributed by atoms with E-state index in [0.29, 0.717) is 12.8 Å². The van der Waals surface area contributed by atoms with E-state index in [4.69, 9.17) is 15.3 Å². The van der Waals surface area contributed by atoms with Crippen molar-refractivity contribution in [2.24, 2.45) is 5.92 Å². The van der Waals surface area contributed by atoms with Gasteiger partial charge in [-0.3, -0.25) is 0 Å². The van der Waals surface area contributed by atoms with Crippen molar-refractivity contribution in [1.82, 2.24) is 0 Å². The van der Waals surface area contributed by atoms with E-state index in [0.717, 1.165) is 0 Å². The fraction of sp³-hybridized carbons (Fsp3) is 1.00. The van der Waals surface area contributed by atoms with Gasteiger partial charge in [0.05, 0.1) is 6.10 Å². The summed E-state index contributed by atoms with van der Waals surface area (Å²) in [5.41, 5.74) is 0. The van der Waals surface area contributed by atoms with Crippen LogP contribution in [0.2, 0.25) is 0 Å². The number of aliphatic hydroxyl groups excluding tert-OH is 3. The van der Waals surface area contributed by atoms with Crippen LogP contribution in [0.4, 0.5) is 0 Å². The van der Waals surface area contributed by atoms with Crippen LogP contribution in [0.5, 0.6) is 0 Å². The van der Waals surface area contributed by atoms with Crippen LogP contribution in [0.25, 0.3) is 0 Å². The van der Waals surface area contributed by atoms with Crippen molar-refractivity contribution in [2.45, 2.75) is 25.9 Å². The smallest absolute Gasteiger partial charge is 0.0541 e. The molecule has 3 nitrogen and oxygen atoms in total. The van der Waals surface area contributed by atoms with E-state index in [-0.39, 0.29) is 19.1 Å². The van der Waals surface area contributed by atoms with Gasteiger partial charge < -0.3 is 15.3 Å². The number of hydrogen-bond donors (Lipinski definition) is 3. The molecule has 0 aliphatic carbocycles. The molecule has 62 valence electrons. The highest BCUT2D eigenvalue weighted by Gasteiger charge is 2.12. The van der Waals surface area contributed by atoms with Crippen LogP contribution in [-0.4, -0.2) is 34.6 Å². The molecule has 0 aromatic heterocycles. The molecule has 0 heterocycles. The largest absolute Gasteiger partial charge is 0.396 e. The van der Waals surface area contributed by atoms with Gasteiger partial charge in [-0.1, -0.05) is 0 Å². The maximum Gasteiger partial charge on any atom is 0.0541 e. The summed E-state index contributed by atoms with van der Waals surface area (Å²) in [5, 5.41) is 26.1. The Bertz CT molecular complexity index is 67.3. The van der Waals surface area contributed by atoms with Gasteiger partial charge in [-0.25, -0.2) is 0 Å². The molecule has 0 aromatic rings. The van der Waals surface area contributed by atoms with Crippen LogP contribution in [0.1, 0.15) is 19.8 Å². The van der Waals surface area contributed by atoms with Gasteiger partial charge in [0.1, 0.15) is 0 Å². The van der Waals surface area contributed by atoms with Crippen molar-refractivity contribution in [3.05, 3.63) is 0 Å². The summed E-state index contributed by atoms with van der Waals surface area (Å²) in [5.74, 6) is 0.0370. The van der Waals surface area contributed by atoms with Crippen molar-refractivity contribution in [1.29, 1.82) is 0 Å². The van der Waals surface area contributed by atoms with Gasteiger partial charge in [0, 0.05) is 13.2 Å². The van der Waals surface area contributed by atoms with E-state index in [1.54, 1.807) is 6.92 Å². The highest BCUT2D eigenvalue weighted by molar-refractivity contribution is 4.63. The second kappa shape index (κ2) is 5.65. The summed E-state index contributed by atoms with van der Waals surface area (Å²) >= 11 is 0. The molecule has 0 spiro atoms. The highest BCUT2D eigenvalue weighted by Crippen LogP contribution is 2.11. The number of aliphatic hydroxyl groups is 3. The fourth-order valence-corrected chi connectivity index (χ4v) is 0.958. The molecule has 0 aliphatic heterocycles. The number of rotatable bonds is 5. The molecule has 0 saturated carbocycles. The molecule has 0 aromatic carbocycles. The maximum absolute atomic E-state index is 9.05. The average Bonchev–Trinajstić information content (AvgIpc) is 1.87. The molecule has 0 aliphatic rings. The Labute approximate surface area is 61.3 Å². The van der Waals surface area contributed by atoms with Crippen LogP contribution >= 0.6 is 0 Å². The Morgan fingerprint density at radius 1 is 1.10 bits per heavy atom. The predicted octanol–water partition coefficient (Wildman–Crippen LogP) is -0.252. The lowest BCUT2D eigenvalue weighted by atomic mass is 9.97. The molecule has 0 rings (SSSR count). The second-order valence-electron chi connectivity index (χ2n) is 2.53. The first-order valence-corrected chi connectivity index (χ1v) is 3.62. The topological polar surface area (TPSA) is 60.7 Å². The Kier molecular flexibility index (Phi) is 5.58. The normalized spacial score (nSPS) is 14.1. The van der Waals surface area contributed by atoms with Crippen LogP contribution in [-0.2, 0) is 0 Å². The lowest BCUT2D eigenvalue weighted by Crippen LogP contribution is -2.19. The Morgan fingerprint density at radius 2 is 1.50 bits per heavy atom. The maximum atomic E-state index is 9.05. The van der Waals surface area contributed by atoms with E-state index in [9.17, 15) is 0 Å². The van der Waals surface area contributed by atoms with Crippen molar-refractivity contribution in [2.75, 3.05) is 13.2 Å². The predicted molar refractivity (Wildman–Crippen MR) is 38.6 cm³/mol. The van der Waals surface area contributed by atoms with Crippen LogP contribution in [0.3, 0.4) is 0 Å². The van der Waals surface area contributed by atoms with Gasteiger partial charge in [-0.05, 0) is 25.7 Å². The minimum absolute atomic E-state index is 0.0370. The standard InChI is InChI=1S/C7H16O3/c1-6(10)7(2-4-8)3-5-9/h6-10H,2-5H2,1H3. The summed E-state index contributed by atoms with van der Waals surface area (Å²) in [6.45, 7) is 1.83. The van der Waals surface area contributed by atoms with Crippen molar-refractivity contribution < 1.29 is 15.3 Å². The third-order valence-corrected chi connectivity index (χ3v) is 1.68. The van der Waals surface area contributed by atoms with E-state index >= 15 is 0 Å². The van der Waals surface area contributed by atoms with E-state index in [1.165, 1.54) is 0 Å². The minimum atomic E-state index is -0.431. The summed E-state index contributed by atoms with van der Waals surface area (Å²) in [7, 11) is 0. The van der Waals surface area contributed by atoms with Gasteiger partial charge >= 0.3 is 0 Å². The molecule has 3 N–H and O–H groups in total. The van der Waals surface area contributed by atoms with Crippen LogP contribution in [0.15, 0.2) is 0 Å². The van der Waals surface area contributed by atoms with Gasteiger partial charge in [0.2, 0.25) is 0 Å². The third kappa shape index (κ3) is 3.82. The SMILES string of the molecule is CC(O)C(CCO)CCO. The Hall–Kier alpha value is -0.120. The molecule has 1 atom stereocenters. The van der Waals surface area contributed by atoms with Gasteiger partial charge in [0.25, 0.3) is 0 Å². The van der Waals surface area contributed by atoms with E-state index in [2.05, 4.69) is 0 Å².